The summed E-state index contributed by atoms with van der Waals surface area (Å²) in [6.07, 6.45) is 10.2. The predicted octanol–water partition coefficient (Wildman–Crippen LogP) is 2.12. The van der Waals surface area contributed by atoms with Crippen molar-refractivity contribution in [3.05, 3.63) is 29.6 Å². The van der Waals surface area contributed by atoms with Crippen LogP contribution in [-0.2, 0) is 16.1 Å². The molecule has 1 N–H and O–H groups in total. The third kappa shape index (κ3) is 5.28. The molecule has 0 spiro atoms. The molecular weight excluding hydrogens is 340 g/mol. The molecule has 27 heavy (non-hydrogen) atoms. The highest BCUT2D eigenvalue weighted by Gasteiger charge is 2.33. The fourth-order valence-electron chi connectivity index (χ4n) is 4.25. The molecule has 1 aliphatic heterocycles. The van der Waals surface area contributed by atoms with Gasteiger partial charge in [0.2, 0.25) is 11.8 Å². The molecule has 6 heteroatoms. The van der Waals surface area contributed by atoms with Crippen molar-refractivity contribution < 1.29 is 9.59 Å². The van der Waals surface area contributed by atoms with Gasteiger partial charge in [0.15, 0.2) is 0 Å². The van der Waals surface area contributed by atoms with Crippen molar-refractivity contribution in [2.75, 3.05) is 26.7 Å². The molecule has 0 radical (unpaired) electrons. The number of carbonyl (C=O) groups excluding carboxylic acids is 2. The van der Waals surface area contributed by atoms with Gasteiger partial charge in [-0.05, 0) is 42.9 Å². The summed E-state index contributed by atoms with van der Waals surface area (Å²) >= 11 is 0. The predicted molar refractivity (Wildman–Crippen MR) is 105 cm³/mol. The highest BCUT2D eigenvalue weighted by atomic mass is 16.2. The lowest BCUT2D eigenvalue weighted by Gasteiger charge is -2.38. The molecule has 1 saturated carbocycles. The molecule has 1 atom stereocenters. The number of hydrogen-bond donors (Lipinski definition) is 1. The van der Waals surface area contributed by atoms with E-state index < -0.39 is 0 Å². The van der Waals surface area contributed by atoms with Gasteiger partial charge in [0.1, 0.15) is 0 Å². The molecule has 0 unspecified atom stereocenters. The number of aromatic nitrogens is 1. The summed E-state index contributed by atoms with van der Waals surface area (Å²) in [5, 5.41) is 2.94. The number of pyridine rings is 1. The minimum absolute atomic E-state index is 0.00102. The molecule has 1 aromatic rings. The van der Waals surface area contributed by atoms with E-state index in [4.69, 9.17) is 0 Å². The normalized spacial score (nSPS) is 21.7. The van der Waals surface area contributed by atoms with E-state index in [1.54, 1.807) is 11.1 Å². The van der Waals surface area contributed by atoms with Crippen molar-refractivity contribution in [3.63, 3.8) is 0 Å². The molecule has 1 aliphatic carbocycles. The number of aryl methyl sites for hydroxylation is 1. The van der Waals surface area contributed by atoms with Gasteiger partial charge in [-0.3, -0.25) is 19.5 Å². The monoisotopic (exact) mass is 372 g/mol. The Bertz CT molecular complexity index is 657. The van der Waals surface area contributed by atoms with Gasteiger partial charge in [0.05, 0.1) is 12.5 Å². The topological polar surface area (TPSA) is 65.5 Å². The van der Waals surface area contributed by atoms with Crippen LogP contribution >= 0.6 is 0 Å². The van der Waals surface area contributed by atoms with Gasteiger partial charge in [-0.15, -0.1) is 0 Å². The number of nitrogens with one attached hydrogen (secondary N) is 1. The van der Waals surface area contributed by atoms with Crippen LogP contribution in [0.1, 0.15) is 49.7 Å². The summed E-state index contributed by atoms with van der Waals surface area (Å²) in [7, 11) is 1.81. The van der Waals surface area contributed by atoms with Crippen LogP contribution in [0.4, 0.5) is 0 Å². The fourth-order valence-corrected chi connectivity index (χ4v) is 4.25. The molecule has 1 aromatic heterocycles. The van der Waals surface area contributed by atoms with Crippen LogP contribution in [0.2, 0.25) is 0 Å². The number of hydrogen-bond acceptors (Lipinski definition) is 4. The van der Waals surface area contributed by atoms with E-state index in [1.165, 1.54) is 32.1 Å². The van der Waals surface area contributed by atoms with Crippen molar-refractivity contribution in [2.24, 2.45) is 5.92 Å². The maximum absolute atomic E-state index is 12.8. The lowest BCUT2D eigenvalue weighted by Crippen LogP contribution is -2.57. The average molecular weight is 373 g/mol. The molecule has 0 bridgehead atoms. The Hall–Kier alpha value is -1.95. The molecular formula is C21H32N4O2. The van der Waals surface area contributed by atoms with Crippen molar-refractivity contribution in [1.82, 2.24) is 20.1 Å². The van der Waals surface area contributed by atoms with Gasteiger partial charge >= 0.3 is 0 Å². The number of piperazine rings is 1. The van der Waals surface area contributed by atoms with Crippen molar-refractivity contribution in [2.45, 2.75) is 58.0 Å². The van der Waals surface area contributed by atoms with E-state index in [1.807, 2.05) is 26.2 Å². The van der Waals surface area contributed by atoms with Crippen LogP contribution in [0.5, 0.6) is 0 Å². The van der Waals surface area contributed by atoms with E-state index in [-0.39, 0.29) is 24.3 Å². The van der Waals surface area contributed by atoms with Gasteiger partial charge in [-0.25, -0.2) is 0 Å². The molecule has 3 rings (SSSR count). The molecule has 0 aromatic carbocycles. The Labute approximate surface area is 162 Å². The van der Waals surface area contributed by atoms with Crippen molar-refractivity contribution in [3.8, 4) is 0 Å². The minimum Gasteiger partial charge on any atom is -0.353 e. The largest absolute Gasteiger partial charge is 0.353 e. The van der Waals surface area contributed by atoms with Gasteiger partial charge in [0, 0.05) is 45.6 Å². The van der Waals surface area contributed by atoms with Crippen LogP contribution in [-0.4, -0.2) is 59.3 Å². The first-order valence-corrected chi connectivity index (χ1v) is 10.2. The molecule has 1 saturated heterocycles. The van der Waals surface area contributed by atoms with Crippen LogP contribution in [0.15, 0.2) is 18.5 Å². The highest BCUT2D eigenvalue weighted by molar-refractivity contribution is 5.88. The number of amides is 2. The maximum atomic E-state index is 12.8. The zero-order valence-electron chi connectivity index (χ0n) is 16.6. The SMILES string of the molecule is Cc1cnccc1CN(C)C(=O)C[C@H]1C(=O)NCCN1CC1CCCCC1. The minimum atomic E-state index is -0.339. The average Bonchev–Trinajstić information content (AvgIpc) is 2.67. The number of carbonyl (C=O) groups is 2. The van der Waals surface area contributed by atoms with Crippen LogP contribution < -0.4 is 5.32 Å². The molecule has 2 aliphatic rings. The molecule has 2 fully saturated rings. The Morgan fingerprint density at radius 3 is 2.85 bits per heavy atom. The van der Waals surface area contributed by atoms with Crippen molar-refractivity contribution >= 4 is 11.8 Å². The number of rotatable bonds is 6. The highest BCUT2D eigenvalue weighted by Crippen LogP contribution is 2.26. The first kappa shape index (κ1) is 19.8. The van der Waals surface area contributed by atoms with E-state index in [2.05, 4.69) is 15.2 Å². The number of nitrogens with zero attached hydrogens (tertiary/aromatic N) is 3. The molecule has 148 valence electrons. The Morgan fingerprint density at radius 1 is 1.33 bits per heavy atom. The molecule has 2 amide bonds. The fraction of sp³-hybridized carbons (Fsp3) is 0.667. The zero-order valence-corrected chi connectivity index (χ0v) is 16.6. The Kier molecular flexibility index (Phi) is 6.83. The van der Waals surface area contributed by atoms with Gasteiger partial charge < -0.3 is 10.2 Å². The van der Waals surface area contributed by atoms with E-state index >= 15 is 0 Å². The summed E-state index contributed by atoms with van der Waals surface area (Å²) in [5.74, 6) is 0.681. The quantitative estimate of drug-likeness (QED) is 0.831. The summed E-state index contributed by atoms with van der Waals surface area (Å²) in [6.45, 7) is 5.01. The van der Waals surface area contributed by atoms with Gasteiger partial charge in [-0.1, -0.05) is 19.3 Å². The second-order valence-electron chi connectivity index (χ2n) is 8.06. The summed E-state index contributed by atoms with van der Waals surface area (Å²) in [6, 6.07) is 1.61. The smallest absolute Gasteiger partial charge is 0.237 e. The summed E-state index contributed by atoms with van der Waals surface area (Å²) < 4.78 is 0. The zero-order chi connectivity index (χ0) is 19.2. The molecule has 2 heterocycles. The maximum Gasteiger partial charge on any atom is 0.237 e. The van der Waals surface area contributed by atoms with Crippen LogP contribution in [0.3, 0.4) is 0 Å². The Morgan fingerprint density at radius 2 is 2.11 bits per heavy atom. The van der Waals surface area contributed by atoms with E-state index in [0.717, 1.165) is 24.2 Å². The first-order valence-electron chi connectivity index (χ1n) is 10.2. The third-order valence-electron chi connectivity index (χ3n) is 6.00. The van der Waals surface area contributed by atoms with Gasteiger partial charge in [-0.2, -0.15) is 0 Å². The second-order valence-corrected chi connectivity index (χ2v) is 8.06. The second kappa shape index (κ2) is 9.31. The lowest BCUT2D eigenvalue weighted by atomic mass is 9.88. The van der Waals surface area contributed by atoms with Crippen LogP contribution in [0.25, 0.3) is 0 Å². The standard InChI is InChI=1S/C21H32N4O2/c1-16-13-22-9-8-18(16)15-24(2)20(26)12-19-21(27)23-10-11-25(19)14-17-6-4-3-5-7-17/h8-9,13,17,19H,3-7,10-12,14-15H2,1-2H3,(H,23,27)/t19-/m0/s1. The van der Waals surface area contributed by atoms with E-state index in [9.17, 15) is 9.59 Å². The van der Waals surface area contributed by atoms with E-state index in [0.29, 0.717) is 19.0 Å². The first-order chi connectivity index (χ1) is 13.0. The van der Waals surface area contributed by atoms with Crippen LogP contribution in [0, 0.1) is 12.8 Å². The third-order valence-corrected chi connectivity index (χ3v) is 6.00. The molecule has 6 nitrogen and oxygen atoms in total. The summed E-state index contributed by atoms with van der Waals surface area (Å²) in [4.78, 5) is 33.4. The lowest BCUT2D eigenvalue weighted by molar-refractivity contribution is -0.138. The summed E-state index contributed by atoms with van der Waals surface area (Å²) in [5.41, 5.74) is 2.17. The van der Waals surface area contributed by atoms with Crippen molar-refractivity contribution in [1.29, 1.82) is 0 Å². The van der Waals surface area contributed by atoms with Gasteiger partial charge in [0.25, 0.3) is 0 Å². The Balaban J connectivity index is 1.60.